The first-order valence-electron chi connectivity index (χ1n) is 4.48. The van der Waals surface area contributed by atoms with Crippen LogP contribution in [0.3, 0.4) is 0 Å². The second kappa shape index (κ2) is 4.76. The van der Waals surface area contributed by atoms with Crippen molar-refractivity contribution >= 4 is 38.6 Å². The van der Waals surface area contributed by atoms with E-state index in [-0.39, 0.29) is 6.04 Å². The Morgan fingerprint density at radius 3 is 2.33 bits per heavy atom. The summed E-state index contributed by atoms with van der Waals surface area (Å²) in [6, 6.07) is 8.49. The summed E-state index contributed by atoms with van der Waals surface area (Å²) >= 11 is 6.94. The molecule has 5 heteroatoms. The third kappa shape index (κ3) is 2.49. The van der Waals surface area contributed by atoms with Gasteiger partial charge in [0.05, 0.1) is 9.83 Å². The number of hydrogen-bond acceptors (Lipinski definition) is 4. The third-order valence-corrected chi connectivity index (χ3v) is 4.84. The predicted molar refractivity (Wildman–Crippen MR) is 70.2 cm³/mol. The summed E-state index contributed by atoms with van der Waals surface area (Å²) in [4.78, 5) is 3.79. The second-order valence-corrected chi connectivity index (χ2v) is 7.00. The molecule has 2 aromatic rings. The van der Waals surface area contributed by atoms with Crippen LogP contribution in [-0.4, -0.2) is 0 Å². The highest BCUT2D eigenvalue weighted by atomic mass is 79.9. The SMILES string of the molecule is Cc1ccc(C(NN)c2ccc(Br)s2)s1. The van der Waals surface area contributed by atoms with Crippen molar-refractivity contribution in [2.75, 3.05) is 0 Å². The number of aryl methyl sites for hydroxylation is 1. The lowest BCUT2D eigenvalue weighted by atomic mass is 10.2. The van der Waals surface area contributed by atoms with Crippen LogP contribution in [0.1, 0.15) is 20.7 Å². The molecule has 0 fully saturated rings. The highest BCUT2D eigenvalue weighted by Crippen LogP contribution is 2.33. The van der Waals surface area contributed by atoms with Gasteiger partial charge in [-0.05, 0) is 47.1 Å². The normalized spacial score (nSPS) is 13.0. The molecule has 0 saturated heterocycles. The minimum absolute atomic E-state index is 0.111. The summed E-state index contributed by atoms with van der Waals surface area (Å²) in [5, 5.41) is 0. The summed E-state index contributed by atoms with van der Waals surface area (Å²) < 4.78 is 1.13. The van der Waals surface area contributed by atoms with Gasteiger partial charge in [0.2, 0.25) is 0 Å². The van der Waals surface area contributed by atoms with Crippen molar-refractivity contribution in [3.63, 3.8) is 0 Å². The largest absolute Gasteiger partial charge is 0.271 e. The third-order valence-electron chi connectivity index (χ3n) is 2.09. The van der Waals surface area contributed by atoms with Crippen LogP contribution in [0.4, 0.5) is 0 Å². The van der Waals surface area contributed by atoms with Gasteiger partial charge in [0.25, 0.3) is 0 Å². The topological polar surface area (TPSA) is 38.0 Å². The number of thiophene rings is 2. The molecule has 80 valence electrons. The molecular weight excluding hydrogens is 292 g/mol. The minimum atomic E-state index is 0.111. The second-order valence-electron chi connectivity index (χ2n) is 3.19. The first-order chi connectivity index (χ1) is 7.20. The predicted octanol–water partition coefficient (Wildman–Crippen LogP) is 3.43. The zero-order chi connectivity index (χ0) is 10.8. The lowest BCUT2D eigenvalue weighted by Crippen LogP contribution is -2.27. The number of nitrogens with one attached hydrogen (secondary N) is 1. The summed E-state index contributed by atoms with van der Waals surface area (Å²) in [5.74, 6) is 5.60. The van der Waals surface area contributed by atoms with Crippen LogP contribution in [0.25, 0.3) is 0 Å². The van der Waals surface area contributed by atoms with Gasteiger partial charge in [0, 0.05) is 14.6 Å². The molecule has 0 aliphatic rings. The Balaban J connectivity index is 2.32. The number of hydrogen-bond donors (Lipinski definition) is 2. The maximum atomic E-state index is 5.60. The fourth-order valence-electron chi connectivity index (χ4n) is 1.40. The van der Waals surface area contributed by atoms with E-state index in [0.29, 0.717) is 0 Å². The summed E-state index contributed by atoms with van der Waals surface area (Å²) in [6.07, 6.45) is 0. The number of nitrogens with two attached hydrogens (primary N) is 1. The molecule has 3 N–H and O–H groups in total. The summed E-state index contributed by atoms with van der Waals surface area (Å²) in [6.45, 7) is 2.10. The van der Waals surface area contributed by atoms with Gasteiger partial charge in [-0.2, -0.15) is 0 Å². The van der Waals surface area contributed by atoms with Crippen LogP contribution < -0.4 is 11.3 Å². The van der Waals surface area contributed by atoms with Gasteiger partial charge in [-0.15, -0.1) is 22.7 Å². The Bertz CT molecular complexity index is 409. The molecule has 2 rings (SSSR count). The van der Waals surface area contributed by atoms with E-state index in [2.05, 4.69) is 46.5 Å². The molecule has 15 heavy (non-hydrogen) atoms. The van der Waals surface area contributed by atoms with Crippen LogP contribution in [-0.2, 0) is 0 Å². The van der Waals surface area contributed by atoms with E-state index < -0.39 is 0 Å². The van der Waals surface area contributed by atoms with Crippen LogP contribution in [0.5, 0.6) is 0 Å². The first kappa shape index (κ1) is 11.3. The number of rotatable bonds is 3. The van der Waals surface area contributed by atoms with Crippen LogP contribution >= 0.6 is 38.6 Å². The van der Waals surface area contributed by atoms with Gasteiger partial charge < -0.3 is 0 Å². The monoisotopic (exact) mass is 302 g/mol. The fraction of sp³-hybridized carbons (Fsp3) is 0.200. The highest BCUT2D eigenvalue weighted by molar-refractivity contribution is 9.11. The van der Waals surface area contributed by atoms with E-state index in [1.807, 2.05) is 6.07 Å². The lowest BCUT2D eigenvalue weighted by molar-refractivity contribution is 0.656. The number of hydrazine groups is 1. The van der Waals surface area contributed by atoms with Crippen molar-refractivity contribution in [2.45, 2.75) is 13.0 Å². The quantitative estimate of drug-likeness (QED) is 0.673. The molecule has 0 radical (unpaired) electrons. The minimum Gasteiger partial charge on any atom is -0.271 e. The molecule has 0 saturated carbocycles. The fourth-order valence-corrected chi connectivity index (χ4v) is 3.93. The van der Waals surface area contributed by atoms with E-state index in [4.69, 9.17) is 5.84 Å². The van der Waals surface area contributed by atoms with Crippen LogP contribution in [0.2, 0.25) is 0 Å². The molecule has 1 unspecified atom stereocenters. The average Bonchev–Trinajstić information content (AvgIpc) is 2.78. The molecule has 0 spiro atoms. The highest BCUT2D eigenvalue weighted by Gasteiger charge is 2.15. The molecule has 0 bridgehead atoms. The Morgan fingerprint density at radius 2 is 1.87 bits per heavy atom. The van der Waals surface area contributed by atoms with Crippen LogP contribution in [0, 0.1) is 6.92 Å². The molecule has 2 aromatic heterocycles. The van der Waals surface area contributed by atoms with Gasteiger partial charge >= 0.3 is 0 Å². The van der Waals surface area contributed by atoms with Gasteiger partial charge in [-0.3, -0.25) is 5.84 Å². The van der Waals surface area contributed by atoms with E-state index in [9.17, 15) is 0 Å². The summed E-state index contributed by atoms with van der Waals surface area (Å²) in [5.41, 5.74) is 2.86. The van der Waals surface area contributed by atoms with Crippen LogP contribution in [0.15, 0.2) is 28.1 Å². The van der Waals surface area contributed by atoms with Gasteiger partial charge in [0.1, 0.15) is 0 Å². The van der Waals surface area contributed by atoms with Crippen molar-refractivity contribution in [2.24, 2.45) is 5.84 Å². The first-order valence-corrected chi connectivity index (χ1v) is 6.91. The molecule has 1 atom stereocenters. The van der Waals surface area contributed by atoms with E-state index in [1.165, 1.54) is 14.6 Å². The molecule has 0 aromatic carbocycles. The van der Waals surface area contributed by atoms with E-state index in [1.54, 1.807) is 22.7 Å². The molecule has 0 amide bonds. The Morgan fingerprint density at radius 1 is 1.20 bits per heavy atom. The average molecular weight is 303 g/mol. The summed E-state index contributed by atoms with van der Waals surface area (Å²) in [7, 11) is 0. The zero-order valence-electron chi connectivity index (χ0n) is 8.16. The van der Waals surface area contributed by atoms with Crippen molar-refractivity contribution in [3.8, 4) is 0 Å². The van der Waals surface area contributed by atoms with Crippen molar-refractivity contribution < 1.29 is 0 Å². The smallest absolute Gasteiger partial charge is 0.0894 e. The van der Waals surface area contributed by atoms with Gasteiger partial charge in [-0.1, -0.05) is 0 Å². The van der Waals surface area contributed by atoms with Crippen molar-refractivity contribution in [3.05, 3.63) is 42.7 Å². The lowest BCUT2D eigenvalue weighted by Gasteiger charge is -2.11. The Hall–Kier alpha value is -0.200. The number of halogens is 1. The van der Waals surface area contributed by atoms with Crippen molar-refractivity contribution in [1.29, 1.82) is 0 Å². The van der Waals surface area contributed by atoms with E-state index >= 15 is 0 Å². The molecule has 0 aliphatic heterocycles. The standard InChI is InChI=1S/C10H11BrN2S2/c1-6-2-3-7(14-6)10(13-12)8-4-5-9(11)15-8/h2-5,10,13H,12H2,1H3. The molecular formula is C10H11BrN2S2. The molecule has 0 aliphatic carbocycles. The van der Waals surface area contributed by atoms with Crippen molar-refractivity contribution in [1.82, 2.24) is 5.43 Å². The maximum absolute atomic E-state index is 5.60. The molecule has 2 heterocycles. The Labute approximate surface area is 105 Å². The maximum Gasteiger partial charge on any atom is 0.0894 e. The Kier molecular flexibility index (Phi) is 3.58. The van der Waals surface area contributed by atoms with Gasteiger partial charge in [0.15, 0.2) is 0 Å². The van der Waals surface area contributed by atoms with Gasteiger partial charge in [-0.25, -0.2) is 5.43 Å². The van der Waals surface area contributed by atoms with E-state index in [0.717, 1.165) is 3.79 Å². The zero-order valence-corrected chi connectivity index (χ0v) is 11.4. The molecule has 2 nitrogen and oxygen atoms in total.